The van der Waals surface area contributed by atoms with Crippen molar-refractivity contribution in [3.05, 3.63) is 42.5 Å². The fraction of sp³-hybridized carbons (Fsp3) is 0.400. The van der Waals surface area contributed by atoms with Crippen LogP contribution in [0.1, 0.15) is 32.3 Å². The summed E-state index contributed by atoms with van der Waals surface area (Å²) in [6.07, 6.45) is 1.64. The first kappa shape index (κ1) is 14.8. The molecule has 0 heterocycles. The van der Waals surface area contributed by atoms with Gasteiger partial charge in [0.1, 0.15) is 5.25 Å². The smallest absolute Gasteiger partial charge is 0.323 e. The first-order chi connectivity index (χ1) is 8.60. The van der Waals surface area contributed by atoms with Gasteiger partial charge < -0.3 is 4.74 Å². The van der Waals surface area contributed by atoms with Crippen molar-refractivity contribution in [1.29, 1.82) is 0 Å². The van der Waals surface area contributed by atoms with Gasteiger partial charge >= 0.3 is 5.97 Å². The molecule has 1 atom stereocenters. The van der Waals surface area contributed by atoms with Crippen molar-refractivity contribution in [2.45, 2.75) is 36.8 Å². The van der Waals surface area contributed by atoms with Crippen molar-refractivity contribution in [2.75, 3.05) is 6.61 Å². The lowest BCUT2D eigenvalue weighted by atomic mass is 10.0. The monoisotopic (exact) mass is 264 g/mol. The number of rotatable bonds is 6. The van der Waals surface area contributed by atoms with Crippen LogP contribution in [0.4, 0.5) is 0 Å². The zero-order chi connectivity index (χ0) is 13.5. The van der Waals surface area contributed by atoms with Gasteiger partial charge in [0.25, 0.3) is 0 Å². The molecule has 2 nitrogen and oxygen atoms in total. The van der Waals surface area contributed by atoms with Crippen LogP contribution >= 0.6 is 11.8 Å². The number of carbonyl (C=O) groups excluding carboxylic acids is 1. The van der Waals surface area contributed by atoms with Crippen molar-refractivity contribution in [3.63, 3.8) is 0 Å². The average Bonchev–Trinajstić information content (AvgIpc) is 2.36. The zero-order valence-corrected chi connectivity index (χ0v) is 12.0. The summed E-state index contributed by atoms with van der Waals surface area (Å²) in [4.78, 5) is 12.9. The Kier molecular flexibility index (Phi) is 5.99. The van der Waals surface area contributed by atoms with Crippen LogP contribution < -0.4 is 0 Å². The van der Waals surface area contributed by atoms with Crippen LogP contribution in [0, 0.1) is 0 Å². The van der Waals surface area contributed by atoms with Crippen molar-refractivity contribution in [2.24, 2.45) is 0 Å². The average molecular weight is 264 g/mol. The predicted molar refractivity (Wildman–Crippen MR) is 77.0 cm³/mol. The number of thioether (sulfide) groups is 1. The van der Waals surface area contributed by atoms with Gasteiger partial charge in [-0.05, 0) is 24.5 Å². The van der Waals surface area contributed by atoms with E-state index in [-0.39, 0.29) is 11.2 Å². The lowest BCUT2D eigenvalue weighted by molar-refractivity contribution is -0.141. The third-order valence-corrected chi connectivity index (χ3v) is 3.79. The largest absolute Gasteiger partial charge is 0.465 e. The SMILES string of the molecule is C=CC(Sc1ccccc1C(C)C)C(=O)OCC. The fourth-order valence-corrected chi connectivity index (χ4v) is 2.75. The first-order valence-electron chi connectivity index (χ1n) is 6.14. The van der Waals surface area contributed by atoms with Crippen molar-refractivity contribution >= 4 is 17.7 Å². The molecule has 0 saturated heterocycles. The molecule has 0 N–H and O–H groups in total. The third-order valence-electron chi connectivity index (χ3n) is 2.53. The van der Waals surface area contributed by atoms with Crippen molar-refractivity contribution in [1.82, 2.24) is 0 Å². The normalized spacial score (nSPS) is 12.2. The van der Waals surface area contributed by atoms with Crippen molar-refractivity contribution < 1.29 is 9.53 Å². The highest BCUT2D eigenvalue weighted by molar-refractivity contribution is 8.00. The van der Waals surface area contributed by atoms with Gasteiger partial charge in [0.2, 0.25) is 0 Å². The number of carbonyl (C=O) groups is 1. The van der Waals surface area contributed by atoms with Crippen LogP contribution in [0.5, 0.6) is 0 Å². The van der Waals surface area contributed by atoms with E-state index >= 15 is 0 Å². The Balaban J connectivity index is 2.88. The molecule has 18 heavy (non-hydrogen) atoms. The van der Waals surface area contributed by atoms with E-state index in [4.69, 9.17) is 4.74 Å². The van der Waals surface area contributed by atoms with Crippen LogP contribution in [0.15, 0.2) is 41.8 Å². The minimum Gasteiger partial charge on any atom is -0.465 e. The van der Waals surface area contributed by atoms with Crippen molar-refractivity contribution in [3.8, 4) is 0 Å². The van der Waals surface area contributed by atoms with E-state index in [1.54, 1.807) is 6.08 Å². The van der Waals surface area contributed by atoms with Gasteiger partial charge in [-0.3, -0.25) is 4.79 Å². The molecule has 0 aliphatic carbocycles. The number of hydrogen-bond acceptors (Lipinski definition) is 3. The maximum Gasteiger partial charge on any atom is 0.323 e. The van der Waals surface area contributed by atoms with E-state index in [0.29, 0.717) is 12.5 Å². The molecule has 0 fully saturated rings. The Morgan fingerprint density at radius 3 is 2.67 bits per heavy atom. The molecule has 0 aliphatic rings. The molecule has 1 aromatic rings. The molecule has 0 aliphatic heterocycles. The minimum absolute atomic E-state index is 0.226. The zero-order valence-electron chi connectivity index (χ0n) is 11.2. The Labute approximate surface area is 113 Å². The fourth-order valence-electron chi connectivity index (χ4n) is 1.62. The number of hydrogen-bond donors (Lipinski definition) is 0. The van der Waals surface area contributed by atoms with Crippen LogP contribution in [0.3, 0.4) is 0 Å². The van der Waals surface area contributed by atoms with E-state index in [9.17, 15) is 4.79 Å². The summed E-state index contributed by atoms with van der Waals surface area (Å²) in [5, 5.41) is -0.343. The van der Waals surface area contributed by atoms with Gasteiger partial charge in [-0.25, -0.2) is 0 Å². The molecule has 0 spiro atoms. The number of benzene rings is 1. The molecule has 0 saturated carbocycles. The van der Waals surface area contributed by atoms with Gasteiger partial charge in [0.15, 0.2) is 0 Å². The van der Waals surface area contributed by atoms with Gasteiger partial charge in [-0.2, -0.15) is 0 Å². The van der Waals surface area contributed by atoms with Crippen LogP contribution in [-0.4, -0.2) is 17.8 Å². The Morgan fingerprint density at radius 2 is 2.11 bits per heavy atom. The molecule has 3 heteroatoms. The number of ether oxygens (including phenoxy) is 1. The molecule has 98 valence electrons. The Morgan fingerprint density at radius 1 is 1.44 bits per heavy atom. The summed E-state index contributed by atoms with van der Waals surface area (Å²) in [5.41, 5.74) is 1.25. The van der Waals surface area contributed by atoms with Gasteiger partial charge in [0, 0.05) is 4.90 Å². The Hall–Kier alpha value is -1.22. The standard InChI is InChI=1S/C15H20O2S/c1-5-13(15(16)17-6-2)18-14-10-8-7-9-12(14)11(3)4/h5,7-11,13H,1,6H2,2-4H3. The Bertz CT molecular complexity index is 413. The van der Waals surface area contributed by atoms with Crippen LogP contribution in [-0.2, 0) is 9.53 Å². The lowest BCUT2D eigenvalue weighted by Gasteiger charge is -2.15. The quantitative estimate of drug-likeness (QED) is 0.441. The van der Waals surface area contributed by atoms with E-state index in [2.05, 4.69) is 26.5 Å². The summed E-state index contributed by atoms with van der Waals surface area (Å²) < 4.78 is 5.04. The van der Waals surface area contributed by atoms with E-state index < -0.39 is 0 Å². The van der Waals surface area contributed by atoms with Crippen LogP contribution in [0.2, 0.25) is 0 Å². The number of esters is 1. The minimum atomic E-state index is -0.343. The maximum absolute atomic E-state index is 11.7. The molecule has 0 bridgehead atoms. The summed E-state index contributed by atoms with van der Waals surface area (Å²) >= 11 is 1.50. The highest BCUT2D eigenvalue weighted by Crippen LogP contribution is 2.32. The van der Waals surface area contributed by atoms with Gasteiger partial charge in [0.05, 0.1) is 6.61 Å². The van der Waals surface area contributed by atoms with E-state index in [1.807, 2.05) is 25.1 Å². The summed E-state index contributed by atoms with van der Waals surface area (Å²) in [7, 11) is 0. The molecule has 0 amide bonds. The molecule has 1 rings (SSSR count). The molecule has 1 aromatic carbocycles. The highest BCUT2D eigenvalue weighted by Gasteiger charge is 2.19. The second kappa shape index (κ2) is 7.27. The summed E-state index contributed by atoms with van der Waals surface area (Å²) in [6, 6.07) is 8.14. The summed E-state index contributed by atoms with van der Waals surface area (Å²) in [5.74, 6) is 0.206. The second-order valence-electron chi connectivity index (χ2n) is 4.22. The third kappa shape index (κ3) is 3.91. The molecule has 0 radical (unpaired) electrons. The van der Waals surface area contributed by atoms with Gasteiger partial charge in [-0.15, -0.1) is 18.3 Å². The molecule has 1 unspecified atom stereocenters. The van der Waals surface area contributed by atoms with Gasteiger partial charge in [-0.1, -0.05) is 38.1 Å². The van der Waals surface area contributed by atoms with Crippen LogP contribution in [0.25, 0.3) is 0 Å². The lowest BCUT2D eigenvalue weighted by Crippen LogP contribution is -2.18. The topological polar surface area (TPSA) is 26.3 Å². The molecular formula is C15H20O2S. The van der Waals surface area contributed by atoms with E-state index in [1.165, 1.54) is 17.3 Å². The second-order valence-corrected chi connectivity index (χ2v) is 5.40. The predicted octanol–water partition coefficient (Wildman–Crippen LogP) is 4.02. The molecule has 0 aromatic heterocycles. The highest BCUT2D eigenvalue weighted by atomic mass is 32.2. The summed E-state index contributed by atoms with van der Waals surface area (Å²) in [6.45, 7) is 10.2. The van der Waals surface area contributed by atoms with E-state index in [0.717, 1.165) is 4.90 Å². The maximum atomic E-state index is 11.7. The molecular weight excluding hydrogens is 244 g/mol. The first-order valence-corrected chi connectivity index (χ1v) is 7.02.